The van der Waals surface area contributed by atoms with Crippen molar-refractivity contribution >= 4 is 5.91 Å². The molecule has 0 bridgehead atoms. The van der Waals surface area contributed by atoms with Crippen LogP contribution in [0.5, 0.6) is 0 Å². The first kappa shape index (κ1) is 12.3. The van der Waals surface area contributed by atoms with Crippen LogP contribution in [0.15, 0.2) is 0 Å². The highest BCUT2D eigenvalue weighted by Gasteiger charge is 2.33. The van der Waals surface area contributed by atoms with Crippen molar-refractivity contribution in [2.24, 2.45) is 5.92 Å². The second kappa shape index (κ2) is 5.99. The Morgan fingerprint density at radius 1 is 1.41 bits per heavy atom. The summed E-state index contributed by atoms with van der Waals surface area (Å²) in [5, 5.41) is 14.0. The minimum Gasteiger partial charge on any atom is -0.342 e. The lowest BCUT2D eigenvalue weighted by atomic mass is 10.1. The summed E-state index contributed by atoms with van der Waals surface area (Å²) >= 11 is 0. The fourth-order valence-electron chi connectivity index (χ4n) is 2.39. The quantitative estimate of drug-likeness (QED) is 0.621. The van der Waals surface area contributed by atoms with Gasteiger partial charge < -0.3 is 15.5 Å². The Kier molecular flexibility index (Phi) is 4.35. The summed E-state index contributed by atoms with van der Waals surface area (Å²) in [7, 11) is 0. The third-order valence-electron chi connectivity index (χ3n) is 3.46. The molecule has 1 saturated carbocycles. The Labute approximate surface area is 102 Å². The average Bonchev–Trinajstić information content (AvgIpc) is 3.07. The molecule has 1 aliphatic carbocycles. The SMILES string of the molecule is N#CCNC(=O)CNCC1CCN(C2CC2)C1. The van der Waals surface area contributed by atoms with E-state index in [1.165, 1.54) is 32.4 Å². The molecule has 0 spiro atoms. The van der Waals surface area contributed by atoms with E-state index in [4.69, 9.17) is 5.26 Å². The van der Waals surface area contributed by atoms with Crippen molar-refractivity contribution in [3.63, 3.8) is 0 Å². The van der Waals surface area contributed by atoms with Gasteiger partial charge in [0.25, 0.3) is 0 Å². The van der Waals surface area contributed by atoms with Crippen molar-refractivity contribution in [3.05, 3.63) is 0 Å². The number of nitrogens with zero attached hydrogens (tertiary/aromatic N) is 2. The molecule has 2 fully saturated rings. The Morgan fingerprint density at radius 3 is 2.94 bits per heavy atom. The maximum atomic E-state index is 11.2. The minimum absolute atomic E-state index is 0.0939. The summed E-state index contributed by atoms with van der Waals surface area (Å²) < 4.78 is 0. The number of hydrogen-bond donors (Lipinski definition) is 2. The summed E-state index contributed by atoms with van der Waals surface area (Å²) in [6.45, 7) is 3.72. The lowest BCUT2D eigenvalue weighted by Crippen LogP contribution is -2.36. The van der Waals surface area contributed by atoms with Crippen molar-refractivity contribution in [2.75, 3.05) is 32.7 Å². The largest absolute Gasteiger partial charge is 0.342 e. The van der Waals surface area contributed by atoms with E-state index < -0.39 is 0 Å². The van der Waals surface area contributed by atoms with Crippen LogP contribution in [0.4, 0.5) is 0 Å². The van der Waals surface area contributed by atoms with Gasteiger partial charge in [0.2, 0.25) is 5.91 Å². The summed E-state index contributed by atoms with van der Waals surface area (Å²) in [6.07, 6.45) is 3.98. The lowest BCUT2D eigenvalue weighted by molar-refractivity contribution is -0.120. The van der Waals surface area contributed by atoms with E-state index in [-0.39, 0.29) is 12.5 Å². The molecule has 1 heterocycles. The second-order valence-electron chi connectivity index (χ2n) is 4.95. The number of likely N-dealkylation sites (tertiary alicyclic amines) is 1. The lowest BCUT2D eigenvalue weighted by Gasteiger charge is -2.14. The van der Waals surface area contributed by atoms with Gasteiger partial charge in [0.15, 0.2) is 0 Å². The topological polar surface area (TPSA) is 68.2 Å². The van der Waals surface area contributed by atoms with Gasteiger partial charge in [0.1, 0.15) is 6.54 Å². The van der Waals surface area contributed by atoms with Crippen molar-refractivity contribution in [1.29, 1.82) is 5.26 Å². The van der Waals surface area contributed by atoms with E-state index in [2.05, 4.69) is 15.5 Å². The number of nitriles is 1. The zero-order chi connectivity index (χ0) is 12.1. The van der Waals surface area contributed by atoms with E-state index >= 15 is 0 Å². The minimum atomic E-state index is -0.0939. The summed E-state index contributed by atoms with van der Waals surface area (Å²) in [5.41, 5.74) is 0. The summed E-state index contributed by atoms with van der Waals surface area (Å²) in [6, 6.07) is 2.75. The highest BCUT2D eigenvalue weighted by atomic mass is 16.1. The van der Waals surface area contributed by atoms with Crippen molar-refractivity contribution in [1.82, 2.24) is 15.5 Å². The maximum absolute atomic E-state index is 11.2. The molecule has 94 valence electrons. The van der Waals surface area contributed by atoms with Crippen LogP contribution in [0.25, 0.3) is 0 Å². The molecular formula is C12H20N4O. The molecule has 1 aliphatic heterocycles. The van der Waals surface area contributed by atoms with Crippen LogP contribution < -0.4 is 10.6 Å². The van der Waals surface area contributed by atoms with Crippen molar-refractivity contribution < 1.29 is 4.79 Å². The third-order valence-corrected chi connectivity index (χ3v) is 3.46. The van der Waals surface area contributed by atoms with Gasteiger partial charge in [-0.1, -0.05) is 0 Å². The fourth-order valence-corrected chi connectivity index (χ4v) is 2.39. The molecule has 1 atom stereocenters. The molecular weight excluding hydrogens is 216 g/mol. The standard InChI is InChI=1S/C12H20N4O/c13-4-5-15-12(17)8-14-7-10-3-6-16(9-10)11-1-2-11/h10-11,14H,1-3,5-9H2,(H,15,17). The number of rotatable bonds is 6. The van der Waals surface area contributed by atoms with Crippen LogP contribution in [0.3, 0.4) is 0 Å². The Hall–Kier alpha value is -1.12. The number of hydrogen-bond acceptors (Lipinski definition) is 4. The van der Waals surface area contributed by atoms with Crippen molar-refractivity contribution in [2.45, 2.75) is 25.3 Å². The van der Waals surface area contributed by atoms with Crippen LogP contribution in [-0.2, 0) is 4.79 Å². The normalized spacial score (nSPS) is 24.5. The first-order valence-corrected chi connectivity index (χ1v) is 6.38. The fraction of sp³-hybridized carbons (Fsp3) is 0.833. The smallest absolute Gasteiger partial charge is 0.234 e. The predicted molar refractivity (Wildman–Crippen MR) is 64.2 cm³/mol. The zero-order valence-electron chi connectivity index (χ0n) is 10.1. The Morgan fingerprint density at radius 2 is 2.24 bits per heavy atom. The molecule has 2 rings (SSSR count). The molecule has 0 aromatic heterocycles. The average molecular weight is 236 g/mol. The van der Waals surface area contributed by atoms with E-state index in [9.17, 15) is 4.79 Å². The van der Waals surface area contributed by atoms with Gasteiger partial charge in [-0.3, -0.25) is 4.79 Å². The molecule has 2 N–H and O–H groups in total. The van der Waals surface area contributed by atoms with Gasteiger partial charge >= 0.3 is 0 Å². The highest BCUT2D eigenvalue weighted by Crippen LogP contribution is 2.31. The highest BCUT2D eigenvalue weighted by molar-refractivity contribution is 5.78. The van der Waals surface area contributed by atoms with Gasteiger partial charge in [-0.25, -0.2) is 0 Å². The predicted octanol–water partition coefficient (Wildman–Crippen LogP) is -0.300. The van der Waals surface area contributed by atoms with Gasteiger partial charge in [-0.2, -0.15) is 5.26 Å². The first-order chi connectivity index (χ1) is 8.29. The monoisotopic (exact) mass is 236 g/mol. The summed E-state index contributed by atoms with van der Waals surface area (Å²) in [4.78, 5) is 13.8. The molecule has 1 unspecified atom stereocenters. The number of carbonyl (C=O) groups is 1. The molecule has 0 aromatic rings. The van der Waals surface area contributed by atoms with Crippen molar-refractivity contribution in [3.8, 4) is 6.07 Å². The molecule has 2 aliphatic rings. The Bertz CT molecular complexity index is 308. The molecule has 5 heteroatoms. The van der Waals surface area contributed by atoms with E-state index in [1.807, 2.05) is 6.07 Å². The molecule has 5 nitrogen and oxygen atoms in total. The summed E-state index contributed by atoms with van der Waals surface area (Å²) in [5.74, 6) is 0.586. The number of nitrogens with one attached hydrogen (secondary N) is 2. The number of carbonyl (C=O) groups excluding carboxylic acids is 1. The zero-order valence-corrected chi connectivity index (χ0v) is 10.1. The van der Waals surface area contributed by atoms with Gasteiger partial charge in [-0.15, -0.1) is 0 Å². The van der Waals surface area contributed by atoms with E-state index in [0.29, 0.717) is 12.5 Å². The van der Waals surface area contributed by atoms with Crippen LogP contribution in [0, 0.1) is 17.2 Å². The Balaban J connectivity index is 1.53. The molecule has 0 radical (unpaired) electrons. The first-order valence-electron chi connectivity index (χ1n) is 6.38. The molecule has 1 amide bonds. The third kappa shape index (κ3) is 3.99. The van der Waals surface area contributed by atoms with E-state index in [0.717, 1.165) is 12.6 Å². The maximum Gasteiger partial charge on any atom is 0.234 e. The molecule has 0 aromatic carbocycles. The van der Waals surface area contributed by atoms with Crippen LogP contribution >= 0.6 is 0 Å². The molecule has 1 saturated heterocycles. The second-order valence-corrected chi connectivity index (χ2v) is 4.95. The van der Waals surface area contributed by atoms with Gasteiger partial charge in [-0.05, 0) is 38.3 Å². The van der Waals surface area contributed by atoms with Gasteiger partial charge in [0.05, 0.1) is 12.6 Å². The van der Waals surface area contributed by atoms with Gasteiger partial charge in [0, 0.05) is 12.6 Å². The van der Waals surface area contributed by atoms with E-state index in [1.54, 1.807) is 0 Å². The van der Waals surface area contributed by atoms with Crippen LogP contribution in [0.1, 0.15) is 19.3 Å². The van der Waals surface area contributed by atoms with Crippen LogP contribution in [0.2, 0.25) is 0 Å². The molecule has 17 heavy (non-hydrogen) atoms. The van der Waals surface area contributed by atoms with Crippen LogP contribution in [-0.4, -0.2) is 49.6 Å². The number of amides is 1.